The molecule has 0 amide bonds. The highest BCUT2D eigenvalue weighted by molar-refractivity contribution is 7.86. The van der Waals surface area contributed by atoms with E-state index in [0.29, 0.717) is 0 Å². The van der Waals surface area contributed by atoms with Crippen LogP contribution in [0.1, 0.15) is 6.42 Å². The van der Waals surface area contributed by atoms with Crippen molar-refractivity contribution in [2.75, 3.05) is 24.7 Å². The Kier molecular flexibility index (Phi) is 7.49. The quantitative estimate of drug-likeness (QED) is 0.294. The van der Waals surface area contributed by atoms with Crippen LogP contribution in [-0.2, 0) is 39.3 Å². The summed E-state index contributed by atoms with van der Waals surface area (Å²) in [5.41, 5.74) is -0.345. The number of carbonyl (C=O) groups excluding carboxylic acids is 2. The van der Waals surface area contributed by atoms with E-state index < -0.39 is 63.3 Å². The zero-order valence-electron chi connectivity index (χ0n) is 10.7. The molecule has 0 fully saturated rings. The number of rotatable bonds is 9. The fraction of sp³-hybridized carbons (Fsp3) is 0.556. The number of hydrogen-bond acceptors (Lipinski definition) is 8. The van der Waals surface area contributed by atoms with Gasteiger partial charge in [0.2, 0.25) is 0 Å². The van der Waals surface area contributed by atoms with Crippen LogP contribution in [0, 0.1) is 0 Å². The fourth-order valence-corrected chi connectivity index (χ4v) is 1.49. The minimum Gasteiger partial charge on any atom is -0.464 e. The summed E-state index contributed by atoms with van der Waals surface area (Å²) in [4.78, 5) is 22.4. The van der Waals surface area contributed by atoms with Gasteiger partial charge < -0.3 is 9.47 Å². The third-order valence-corrected chi connectivity index (χ3v) is 3.19. The molecule has 0 heterocycles. The fourth-order valence-electron chi connectivity index (χ4n) is 0.900. The van der Waals surface area contributed by atoms with Crippen molar-refractivity contribution in [2.45, 2.75) is 6.42 Å². The predicted octanol–water partition coefficient (Wildman–Crippen LogP) is -1.21. The van der Waals surface area contributed by atoms with E-state index in [1.165, 1.54) is 0 Å². The molecular formula is C9H14O10S2. The molecule has 0 aliphatic carbocycles. The Morgan fingerprint density at radius 2 is 1.33 bits per heavy atom. The molecule has 0 atom stereocenters. The summed E-state index contributed by atoms with van der Waals surface area (Å²) < 4.78 is 67.0. The van der Waals surface area contributed by atoms with Gasteiger partial charge in [0.25, 0.3) is 20.2 Å². The van der Waals surface area contributed by atoms with Crippen LogP contribution in [0.25, 0.3) is 0 Å². The number of esters is 2. The monoisotopic (exact) mass is 346 g/mol. The van der Waals surface area contributed by atoms with E-state index in [2.05, 4.69) is 16.1 Å². The van der Waals surface area contributed by atoms with Crippen molar-refractivity contribution in [1.82, 2.24) is 0 Å². The molecule has 0 unspecified atom stereocenters. The summed E-state index contributed by atoms with van der Waals surface area (Å²) in [6, 6.07) is 0. The molecule has 0 aliphatic heterocycles. The molecule has 0 bridgehead atoms. The molecule has 0 aromatic heterocycles. The van der Waals surface area contributed by atoms with Crippen LogP contribution >= 0.6 is 0 Å². The Morgan fingerprint density at radius 3 is 1.76 bits per heavy atom. The Labute approximate surface area is 121 Å². The van der Waals surface area contributed by atoms with Crippen LogP contribution in [0.5, 0.6) is 0 Å². The van der Waals surface area contributed by atoms with Crippen molar-refractivity contribution in [2.24, 2.45) is 0 Å². The third kappa shape index (κ3) is 12.0. The van der Waals surface area contributed by atoms with Gasteiger partial charge in [-0.3, -0.25) is 13.9 Å². The van der Waals surface area contributed by atoms with Gasteiger partial charge in [-0.2, -0.15) is 16.8 Å². The minimum atomic E-state index is -4.27. The molecule has 0 aromatic carbocycles. The second-order valence-corrected chi connectivity index (χ2v) is 6.85. The Balaban J connectivity index is 4.06. The molecule has 0 rings (SSSR count). The Hall–Kier alpha value is -1.50. The lowest BCUT2D eigenvalue weighted by Gasteiger charge is -2.06. The average molecular weight is 346 g/mol. The number of ether oxygens (including phenoxy) is 2. The maximum atomic E-state index is 11.3. The van der Waals surface area contributed by atoms with Gasteiger partial charge in [-0.15, -0.1) is 0 Å². The second-order valence-electron chi connectivity index (χ2n) is 3.71. The molecule has 0 saturated carbocycles. The van der Waals surface area contributed by atoms with Crippen molar-refractivity contribution in [3.8, 4) is 0 Å². The van der Waals surface area contributed by atoms with Gasteiger partial charge in [-0.25, -0.2) is 4.79 Å². The van der Waals surface area contributed by atoms with Gasteiger partial charge in [0, 0.05) is 5.57 Å². The first-order valence-electron chi connectivity index (χ1n) is 5.31. The first-order chi connectivity index (χ1) is 9.41. The van der Waals surface area contributed by atoms with Crippen LogP contribution in [0.4, 0.5) is 0 Å². The highest BCUT2D eigenvalue weighted by Gasteiger charge is 2.16. The zero-order chi connectivity index (χ0) is 16.7. The zero-order valence-corrected chi connectivity index (χ0v) is 12.4. The molecule has 0 aliphatic rings. The van der Waals surface area contributed by atoms with Crippen molar-refractivity contribution >= 4 is 32.2 Å². The summed E-state index contributed by atoms with van der Waals surface area (Å²) in [6.45, 7) is 2.00. The normalized spacial score (nSPS) is 11.7. The number of carbonyl (C=O) groups is 2. The molecule has 0 spiro atoms. The minimum absolute atomic E-state index is 0.345. The Morgan fingerprint density at radius 1 is 0.905 bits per heavy atom. The van der Waals surface area contributed by atoms with Crippen molar-refractivity contribution in [1.29, 1.82) is 0 Å². The van der Waals surface area contributed by atoms with Crippen molar-refractivity contribution in [3.05, 3.63) is 12.2 Å². The summed E-state index contributed by atoms with van der Waals surface area (Å²) in [5, 5.41) is 0. The maximum absolute atomic E-state index is 11.3. The predicted molar refractivity (Wildman–Crippen MR) is 68.5 cm³/mol. The van der Waals surface area contributed by atoms with E-state index in [0.717, 1.165) is 0 Å². The highest BCUT2D eigenvalue weighted by Crippen LogP contribution is 2.03. The largest absolute Gasteiger partial charge is 0.464 e. The smallest absolute Gasteiger partial charge is 0.334 e. The highest BCUT2D eigenvalue weighted by atomic mass is 32.2. The summed E-state index contributed by atoms with van der Waals surface area (Å²) in [6.07, 6.45) is -0.601. The molecule has 10 nitrogen and oxygen atoms in total. The van der Waals surface area contributed by atoms with E-state index in [1.54, 1.807) is 0 Å². The van der Waals surface area contributed by atoms with E-state index in [9.17, 15) is 26.4 Å². The second kappa shape index (κ2) is 8.07. The standard InChI is InChI=1S/C9H14O10S2/c1-7(9(11)19-3-5-21(15,16)17)6-8(10)18-2-4-20(12,13)14/h1-6H2,(H,12,13,14)(H,15,16,17). The van der Waals surface area contributed by atoms with Crippen LogP contribution in [0.3, 0.4) is 0 Å². The Bertz CT molecular complexity index is 600. The molecule has 122 valence electrons. The summed E-state index contributed by atoms with van der Waals surface area (Å²) >= 11 is 0. The van der Waals surface area contributed by atoms with Crippen LogP contribution in [-0.4, -0.2) is 62.6 Å². The molecule has 12 heteroatoms. The van der Waals surface area contributed by atoms with Gasteiger partial charge in [0.15, 0.2) is 0 Å². The van der Waals surface area contributed by atoms with E-state index in [4.69, 9.17) is 9.11 Å². The van der Waals surface area contributed by atoms with Crippen molar-refractivity contribution in [3.63, 3.8) is 0 Å². The molecule has 0 aromatic rings. The van der Waals surface area contributed by atoms with Crippen molar-refractivity contribution < 1.29 is 45.0 Å². The first kappa shape index (κ1) is 19.5. The lowest BCUT2D eigenvalue weighted by molar-refractivity contribution is -0.145. The molecule has 2 N–H and O–H groups in total. The third-order valence-electron chi connectivity index (χ3n) is 1.83. The van der Waals surface area contributed by atoms with E-state index >= 15 is 0 Å². The van der Waals surface area contributed by atoms with Gasteiger partial charge in [0.05, 0.1) is 6.42 Å². The van der Waals surface area contributed by atoms with Gasteiger partial charge >= 0.3 is 11.9 Å². The summed E-state index contributed by atoms with van der Waals surface area (Å²) in [5.74, 6) is -3.63. The van der Waals surface area contributed by atoms with Crippen LogP contribution in [0.15, 0.2) is 12.2 Å². The van der Waals surface area contributed by atoms with Gasteiger partial charge in [-0.05, 0) is 0 Å². The average Bonchev–Trinajstić information content (AvgIpc) is 2.24. The number of hydrogen-bond donors (Lipinski definition) is 2. The van der Waals surface area contributed by atoms with Crippen LogP contribution in [0.2, 0.25) is 0 Å². The molecule has 21 heavy (non-hydrogen) atoms. The van der Waals surface area contributed by atoms with Gasteiger partial charge in [-0.1, -0.05) is 6.58 Å². The summed E-state index contributed by atoms with van der Waals surface area (Å²) in [7, 11) is -8.54. The van der Waals surface area contributed by atoms with E-state index in [1.807, 2.05) is 0 Å². The van der Waals surface area contributed by atoms with E-state index in [-0.39, 0.29) is 5.57 Å². The lowest BCUT2D eigenvalue weighted by Crippen LogP contribution is -2.19. The molecule has 0 saturated heterocycles. The van der Waals surface area contributed by atoms with Crippen LogP contribution < -0.4 is 0 Å². The first-order valence-corrected chi connectivity index (χ1v) is 8.53. The molecular weight excluding hydrogens is 332 g/mol. The SMILES string of the molecule is C=C(CC(=O)OCCS(=O)(=O)O)C(=O)OCCS(=O)(=O)O. The lowest BCUT2D eigenvalue weighted by atomic mass is 10.2. The van der Waals surface area contributed by atoms with Gasteiger partial charge in [0.1, 0.15) is 24.7 Å². The maximum Gasteiger partial charge on any atom is 0.334 e. The molecule has 0 radical (unpaired) electrons. The topological polar surface area (TPSA) is 161 Å².